The van der Waals surface area contributed by atoms with E-state index in [1.54, 1.807) is 17.4 Å². The standard InChI is InChI=1S/C26H23Cl2N3O4S2/c27-18-2-1-3-19(28)22(18)23-17(24(35-30-23)14-4-5-14)11-34-16-6-8-31(9-7-16)26-29-20(13-37-26)15-10-21(25(32)33)36-12-15/h1-3,10,12-14,16H,4-9,11H2,(H,32,33). The van der Waals surface area contributed by atoms with E-state index in [2.05, 4.69) is 10.1 Å². The van der Waals surface area contributed by atoms with Crippen LogP contribution in [0.1, 0.15) is 52.6 Å². The number of thiophene rings is 1. The van der Waals surface area contributed by atoms with Gasteiger partial charge in [0.15, 0.2) is 5.13 Å². The molecular weight excluding hydrogens is 553 g/mol. The number of carboxylic acids is 1. The van der Waals surface area contributed by atoms with Crippen molar-refractivity contribution >= 4 is 57.0 Å². The summed E-state index contributed by atoms with van der Waals surface area (Å²) in [6.45, 7) is 2.08. The van der Waals surface area contributed by atoms with Gasteiger partial charge in [-0.05, 0) is 43.9 Å². The molecule has 0 radical (unpaired) electrons. The Bertz CT molecular complexity index is 1420. The lowest BCUT2D eigenvalue weighted by molar-refractivity contribution is 0.0246. The molecule has 0 amide bonds. The van der Waals surface area contributed by atoms with Crippen LogP contribution < -0.4 is 4.90 Å². The molecule has 11 heteroatoms. The van der Waals surface area contributed by atoms with Crippen molar-refractivity contribution in [1.29, 1.82) is 0 Å². The maximum absolute atomic E-state index is 11.2. The molecule has 1 aliphatic heterocycles. The van der Waals surface area contributed by atoms with Gasteiger partial charge < -0.3 is 19.3 Å². The zero-order valence-electron chi connectivity index (χ0n) is 19.7. The van der Waals surface area contributed by atoms with Crippen LogP contribution in [0, 0.1) is 0 Å². The summed E-state index contributed by atoms with van der Waals surface area (Å²) >= 11 is 15.8. The van der Waals surface area contributed by atoms with Crippen molar-refractivity contribution < 1.29 is 19.2 Å². The van der Waals surface area contributed by atoms with Crippen LogP contribution in [0.3, 0.4) is 0 Å². The monoisotopic (exact) mass is 575 g/mol. The Morgan fingerprint density at radius 3 is 2.57 bits per heavy atom. The topological polar surface area (TPSA) is 88.7 Å². The fraction of sp³-hybridized carbons (Fsp3) is 0.346. The largest absolute Gasteiger partial charge is 0.477 e. The first-order chi connectivity index (χ1) is 18.0. The Hall–Kier alpha value is -2.43. The van der Waals surface area contributed by atoms with Crippen molar-refractivity contribution in [2.45, 2.75) is 44.3 Å². The SMILES string of the molecule is O=C(O)c1cc(-c2csc(N3CCC(OCc4c(-c5c(Cl)cccc5Cl)noc4C4CC4)CC3)n2)cs1. The number of rotatable bonds is 8. The minimum atomic E-state index is -0.911. The Morgan fingerprint density at radius 2 is 1.89 bits per heavy atom. The fourth-order valence-electron chi connectivity index (χ4n) is 4.59. The van der Waals surface area contributed by atoms with Crippen LogP contribution in [0.2, 0.25) is 10.0 Å². The van der Waals surface area contributed by atoms with E-state index >= 15 is 0 Å². The number of benzene rings is 1. The predicted octanol–water partition coefficient (Wildman–Crippen LogP) is 7.59. The lowest BCUT2D eigenvalue weighted by Crippen LogP contribution is -2.37. The van der Waals surface area contributed by atoms with Gasteiger partial charge in [0, 0.05) is 46.5 Å². The summed E-state index contributed by atoms with van der Waals surface area (Å²) in [7, 11) is 0. The quantitative estimate of drug-likeness (QED) is 0.231. The van der Waals surface area contributed by atoms with E-state index in [-0.39, 0.29) is 6.10 Å². The van der Waals surface area contributed by atoms with E-state index in [4.69, 9.17) is 37.4 Å². The van der Waals surface area contributed by atoms with Crippen LogP contribution in [0.5, 0.6) is 0 Å². The second-order valence-corrected chi connectivity index (χ2v) is 11.8. The van der Waals surface area contributed by atoms with Gasteiger partial charge in [-0.25, -0.2) is 9.78 Å². The van der Waals surface area contributed by atoms with E-state index in [9.17, 15) is 9.90 Å². The second kappa shape index (κ2) is 10.4. The molecule has 2 aliphatic rings. The van der Waals surface area contributed by atoms with E-state index in [0.717, 1.165) is 66.5 Å². The number of nitrogens with zero attached hydrogens (tertiary/aromatic N) is 3. The highest BCUT2D eigenvalue weighted by Crippen LogP contribution is 2.46. The number of aromatic carboxylic acids is 1. The van der Waals surface area contributed by atoms with Crippen molar-refractivity contribution in [2.75, 3.05) is 18.0 Å². The van der Waals surface area contributed by atoms with Crippen LogP contribution in [-0.4, -0.2) is 40.4 Å². The molecule has 1 aliphatic carbocycles. The molecule has 192 valence electrons. The van der Waals surface area contributed by atoms with Crippen molar-refractivity contribution in [3.05, 3.63) is 61.3 Å². The van der Waals surface area contributed by atoms with E-state index < -0.39 is 5.97 Å². The number of piperidine rings is 1. The molecule has 2 fully saturated rings. The Balaban J connectivity index is 1.11. The molecule has 7 nitrogen and oxygen atoms in total. The molecule has 0 bridgehead atoms. The van der Waals surface area contributed by atoms with Crippen molar-refractivity contribution in [1.82, 2.24) is 10.1 Å². The first-order valence-corrected chi connectivity index (χ1v) is 14.6. The summed E-state index contributed by atoms with van der Waals surface area (Å²) in [5, 5.41) is 19.4. The molecule has 37 heavy (non-hydrogen) atoms. The van der Waals surface area contributed by atoms with Crippen LogP contribution >= 0.6 is 45.9 Å². The van der Waals surface area contributed by atoms with Gasteiger partial charge in [-0.3, -0.25) is 0 Å². The number of ether oxygens (including phenoxy) is 1. The summed E-state index contributed by atoms with van der Waals surface area (Å²) in [6, 6.07) is 7.11. The fourth-order valence-corrected chi connectivity index (χ4v) is 6.79. The van der Waals surface area contributed by atoms with Gasteiger partial charge in [-0.15, -0.1) is 22.7 Å². The number of halogens is 2. The Morgan fingerprint density at radius 1 is 1.14 bits per heavy atom. The molecule has 0 spiro atoms. The van der Waals surface area contributed by atoms with Crippen molar-refractivity contribution in [3.8, 4) is 22.5 Å². The number of aromatic nitrogens is 2. The van der Waals surface area contributed by atoms with E-state index in [1.165, 1.54) is 11.3 Å². The first kappa shape index (κ1) is 24.9. The summed E-state index contributed by atoms with van der Waals surface area (Å²) < 4.78 is 12.1. The summed E-state index contributed by atoms with van der Waals surface area (Å²) in [4.78, 5) is 18.5. The highest BCUT2D eigenvalue weighted by molar-refractivity contribution is 7.14. The maximum atomic E-state index is 11.2. The summed E-state index contributed by atoms with van der Waals surface area (Å²) in [5.41, 5.74) is 3.96. The van der Waals surface area contributed by atoms with Crippen molar-refractivity contribution in [2.24, 2.45) is 0 Å². The molecule has 1 N–H and O–H groups in total. The minimum absolute atomic E-state index is 0.113. The molecule has 3 aromatic heterocycles. The number of carboxylic acid groups (broad SMARTS) is 1. The normalized spacial score (nSPS) is 16.4. The molecule has 0 atom stereocenters. The van der Waals surface area contributed by atoms with Gasteiger partial charge >= 0.3 is 5.97 Å². The van der Waals surface area contributed by atoms with Crippen LogP contribution in [0.15, 0.2) is 39.5 Å². The molecule has 6 rings (SSSR count). The summed E-state index contributed by atoms with van der Waals surface area (Å²) in [6.07, 6.45) is 4.05. The van der Waals surface area contributed by atoms with Gasteiger partial charge in [-0.2, -0.15) is 0 Å². The predicted molar refractivity (Wildman–Crippen MR) is 146 cm³/mol. The zero-order valence-corrected chi connectivity index (χ0v) is 22.8. The van der Waals surface area contributed by atoms with Gasteiger partial charge in [0.05, 0.1) is 28.5 Å². The minimum Gasteiger partial charge on any atom is -0.477 e. The van der Waals surface area contributed by atoms with Gasteiger partial charge in [-0.1, -0.05) is 34.4 Å². The van der Waals surface area contributed by atoms with Gasteiger partial charge in [0.1, 0.15) is 16.3 Å². The number of thiazole rings is 1. The first-order valence-electron chi connectivity index (χ1n) is 12.0. The second-order valence-electron chi connectivity index (χ2n) is 9.26. The molecule has 4 aromatic rings. The average Bonchev–Trinajstić information content (AvgIpc) is 3.27. The third kappa shape index (κ3) is 5.15. The average molecular weight is 577 g/mol. The van der Waals surface area contributed by atoms with Crippen LogP contribution in [-0.2, 0) is 11.3 Å². The van der Waals surface area contributed by atoms with Crippen molar-refractivity contribution in [3.63, 3.8) is 0 Å². The smallest absolute Gasteiger partial charge is 0.345 e. The molecule has 1 saturated heterocycles. The molecule has 1 aromatic carbocycles. The number of anilines is 1. The van der Waals surface area contributed by atoms with E-state index in [0.29, 0.717) is 38.7 Å². The highest BCUT2D eigenvalue weighted by atomic mass is 35.5. The number of hydrogen-bond donors (Lipinski definition) is 1. The molecule has 0 unspecified atom stereocenters. The zero-order chi connectivity index (χ0) is 25.5. The molecule has 4 heterocycles. The Labute approximate surface area is 231 Å². The number of carbonyl (C=O) groups is 1. The molecule has 1 saturated carbocycles. The van der Waals surface area contributed by atoms with Gasteiger partial charge in [0.2, 0.25) is 0 Å². The third-order valence-corrected chi connectivity index (χ3v) is 9.19. The highest BCUT2D eigenvalue weighted by Gasteiger charge is 2.34. The van der Waals surface area contributed by atoms with Crippen LogP contribution in [0.4, 0.5) is 5.13 Å². The lowest BCUT2D eigenvalue weighted by atomic mass is 10.0. The lowest BCUT2D eigenvalue weighted by Gasteiger charge is -2.31. The Kier molecular flexibility index (Phi) is 6.98. The van der Waals surface area contributed by atoms with E-state index in [1.807, 2.05) is 29.0 Å². The van der Waals surface area contributed by atoms with Crippen LogP contribution in [0.25, 0.3) is 22.5 Å². The third-order valence-electron chi connectivity index (χ3n) is 6.74. The molecular formula is C26H23Cl2N3O4S2. The summed E-state index contributed by atoms with van der Waals surface area (Å²) in [5.74, 6) is 0.362. The maximum Gasteiger partial charge on any atom is 0.345 e. The van der Waals surface area contributed by atoms with Gasteiger partial charge in [0.25, 0.3) is 0 Å². The number of hydrogen-bond acceptors (Lipinski definition) is 8.